The summed E-state index contributed by atoms with van der Waals surface area (Å²) in [4.78, 5) is 12.7. The molecule has 21 heavy (non-hydrogen) atoms. The molecule has 114 valence electrons. The number of nitrogens with one attached hydrogen (secondary N) is 1. The van der Waals surface area contributed by atoms with E-state index in [2.05, 4.69) is 17.4 Å². The van der Waals surface area contributed by atoms with E-state index in [1.807, 2.05) is 18.2 Å². The molecule has 1 heterocycles. The molecule has 0 aliphatic carbocycles. The normalized spacial score (nSPS) is 17.1. The fraction of sp³-hybridized carbons (Fsp3) is 0.500. The first-order valence-electron chi connectivity index (χ1n) is 7.35. The van der Waals surface area contributed by atoms with Crippen LogP contribution in [0.1, 0.15) is 24.8 Å². The second-order valence-corrected chi connectivity index (χ2v) is 5.84. The van der Waals surface area contributed by atoms with Crippen LogP contribution >= 0.6 is 12.2 Å². The number of nitrogens with two attached hydrogens (primary N) is 1. The highest BCUT2D eigenvalue weighted by Crippen LogP contribution is 2.31. The third kappa shape index (κ3) is 4.02. The van der Waals surface area contributed by atoms with E-state index >= 15 is 0 Å². The van der Waals surface area contributed by atoms with Gasteiger partial charge in [-0.1, -0.05) is 42.5 Å². The summed E-state index contributed by atoms with van der Waals surface area (Å²) in [5.41, 5.74) is 6.37. The fourth-order valence-corrected chi connectivity index (χ4v) is 2.91. The van der Waals surface area contributed by atoms with Crippen LogP contribution in [0.2, 0.25) is 0 Å². The maximum absolute atomic E-state index is 12.4. The second-order valence-electron chi connectivity index (χ2n) is 5.40. The number of hydrogen-bond donors (Lipinski definition) is 2. The Bertz CT molecular complexity index is 484. The molecule has 1 aliphatic rings. The zero-order chi connectivity index (χ0) is 15.1. The van der Waals surface area contributed by atoms with E-state index in [1.54, 1.807) is 0 Å². The van der Waals surface area contributed by atoms with Crippen molar-refractivity contribution >= 4 is 23.1 Å². The van der Waals surface area contributed by atoms with E-state index in [0.29, 0.717) is 32.6 Å². The second kappa shape index (κ2) is 7.52. The average Bonchev–Trinajstić information content (AvgIpc) is 2.53. The van der Waals surface area contributed by atoms with Crippen molar-refractivity contribution in [3.63, 3.8) is 0 Å². The number of carbonyl (C=O) groups is 1. The van der Waals surface area contributed by atoms with Crippen molar-refractivity contribution < 1.29 is 9.53 Å². The van der Waals surface area contributed by atoms with E-state index in [-0.39, 0.29) is 10.9 Å². The minimum atomic E-state index is -0.722. The summed E-state index contributed by atoms with van der Waals surface area (Å²) in [6.07, 6.45) is 3.00. The molecule has 2 rings (SSSR count). The van der Waals surface area contributed by atoms with Crippen LogP contribution in [0.25, 0.3) is 0 Å². The molecule has 1 aliphatic heterocycles. The maximum Gasteiger partial charge on any atom is 0.233 e. The Morgan fingerprint density at radius 2 is 1.95 bits per heavy atom. The van der Waals surface area contributed by atoms with Gasteiger partial charge in [-0.15, -0.1) is 0 Å². The van der Waals surface area contributed by atoms with Crippen molar-refractivity contribution in [2.45, 2.75) is 25.7 Å². The Labute approximate surface area is 131 Å². The van der Waals surface area contributed by atoms with Crippen LogP contribution in [-0.4, -0.2) is 30.7 Å². The summed E-state index contributed by atoms with van der Waals surface area (Å²) in [7, 11) is 0. The predicted molar refractivity (Wildman–Crippen MR) is 87.0 cm³/mol. The van der Waals surface area contributed by atoms with Crippen LogP contribution in [0.3, 0.4) is 0 Å². The van der Waals surface area contributed by atoms with Crippen LogP contribution in [-0.2, 0) is 16.0 Å². The maximum atomic E-state index is 12.4. The van der Waals surface area contributed by atoms with Crippen LogP contribution < -0.4 is 11.1 Å². The number of ether oxygens (including phenoxy) is 1. The van der Waals surface area contributed by atoms with Gasteiger partial charge in [0.15, 0.2) is 0 Å². The molecule has 0 saturated carbocycles. The molecular formula is C16H22N2O2S. The number of aryl methyl sites for hydroxylation is 1. The standard InChI is InChI=1S/C16H22N2O2S/c17-14(21)16(8-11-20-12-9-16)15(19)18-10-4-7-13-5-2-1-3-6-13/h1-3,5-6H,4,7-12H2,(H2,17,21)(H,18,19). The van der Waals surface area contributed by atoms with Gasteiger partial charge in [-0.2, -0.15) is 0 Å². The van der Waals surface area contributed by atoms with Gasteiger partial charge in [-0.3, -0.25) is 4.79 Å². The lowest BCUT2D eigenvalue weighted by Crippen LogP contribution is -2.52. The zero-order valence-corrected chi connectivity index (χ0v) is 13.0. The molecule has 1 amide bonds. The molecule has 3 N–H and O–H groups in total. The summed E-state index contributed by atoms with van der Waals surface area (Å²) < 4.78 is 5.31. The highest BCUT2D eigenvalue weighted by atomic mass is 32.1. The Kier molecular flexibility index (Phi) is 5.70. The van der Waals surface area contributed by atoms with Gasteiger partial charge in [-0.25, -0.2) is 0 Å². The molecule has 0 atom stereocenters. The summed E-state index contributed by atoms with van der Waals surface area (Å²) in [5.74, 6) is -0.0497. The van der Waals surface area contributed by atoms with Gasteiger partial charge < -0.3 is 15.8 Å². The monoisotopic (exact) mass is 306 g/mol. The van der Waals surface area contributed by atoms with Crippen molar-refractivity contribution in [2.75, 3.05) is 19.8 Å². The first-order valence-corrected chi connectivity index (χ1v) is 7.76. The van der Waals surface area contributed by atoms with E-state index in [9.17, 15) is 4.79 Å². The summed E-state index contributed by atoms with van der Waals surface area (Å²) in [6.45, 7) is 1.71. The quantitative estimate of drug-likeness (QED) is 0.621. The summed E-state index contributed by atoms with van der Waals surface area (Å²) >= 11 is 5.12. The van der Waals surface area contributed by atoms with Crippen LogP contribution in [0.4, 0.5) is 0 Å². The van der Waals surface area contributed by atoms with E-state index < -0.39 is 5.41 Å². The number of hydrogen-bond acceptors (Lipinski definition) is 3. The Morgan fingerprint density at radius 1 is 1.29 bits per heavy atom. The summed E-state index contributed by atoms with van der Waals surface area (Å²) in [6, 6.07) is 10.2. The minimum Gasteiger partial charge on any atom is -0.392 e. The lowest BCUT2D eigenvalue weighted by molar-refractivity contribution is -0.131. The predicted octanol–water partition coefficient (Wildman–Crippen LogP) is 1.82. The first kappa shape index (κ1) is 15.9. The van der Waals surface area contributed by atoms with Gasteiger partial charge in [0, 0.05) is 19.8 Å². The number of benzene rings is 1. The Hall–Kier alpha value is -1.46. The number of amides is 1. The highest BCUT2D eigenvalue weighted by molar-refractivity contribution is 7.80. The van der Waals surface area contributed by atoms with Crippen molar-refractivity contribution in [1.29, 1.82) is 0 Å². The molecule has 0 spiro atoms. The van der Waals surface area contributed by atoms with Gasteiger partial charge in [-0.05, 0) is 31.2 Å². The SMILES string of the molecule is NC(=S)C1(C(=O)NCCCc2ccccc2)CCOCC1. The molecule has 0 aromatic heterocycles. The van der Waals surface area contributed by atoms with Gasteiger partial charge in [0.1, 0.15) is 5.41 Å². The number of carbonyl (C=O) groups excluding carboxylic acids is 1. The van der Waals surface area contributed by atoms with Crippen LogP contribution in [0.15, 0.2) is 30.3 Å². The van der Waals surface area contributed by atoms with Gasteiger partial charge in [0.05, 0.1) is 4.99 Å². The molecule has 1 aromatic carbocycles. The van der Waals surface area contributed by atoms with Crippen LogP contribution in [0, 0.1) is 5.41 Å². The smallest absolute Gasteiger partial charge is 0.233 e. The molecule has 0 bridgehead atoms. The molecular weight excluding hydrogens is 284 g/mol. The van der Waals surface area contributed by atoms with Gasteiger partial charge in [0.2, 0.25) is 5.91 Å². The van der Waals surface area contributed by atoms with Gasteiger partial charge in [0.25, 0.3) is 0 Å². The lowest BCUT2D eigenvalue weighted by Gasteiger charge is -2.34. The highest BCUT2D eigenvalue weighted by Gasteiger charge is 2.42. The molecule has 1 saturated heterocycles. The minimum absolute atomic E-state index is 0.0497. The third-order valence-corrected chi connectivity index (χ3v) is 4.41. The largest absolute Gasteiger partial charge is 0.392 e. The molecule has 0 unspecified atom stereocenters. The van der Waals surface area contributed by atoms with Crippen molar-refractivity contribution in [3.8, 4) is 0 Å². The van der Waals surface area contributed by atoms with E-state index in [1.165, 1.54) is 5.56 Å². The van der Waals surface area contributed by atoms with E-state index in [4.69, 9.17) is 22.7 Å². The molecule has 1 aromatic rings. The fourth-order valence-electron chi connectivity index (χ4n) is 2.61. The van der Waals surface area contributed by atoms with Crippen molar-refractivity contribution in [1.82, 2.24) is 5.32 Å². The average molecular weight is 306 g/mol. The molecule has 4 nitrogen and oxygen atoms in total. The molecule has 5 heteroatoms. The molecule has 0 radical (unpaired) electrons. The number of rotatable bonds is 6. The lowest BCUT2D eigenvalue weighted by atomic mass is 9.79. The third-order valence-electron chi connectivity index (χ3n) is 4.02. The Balaban J connectivity index is 1.81. The van der Waals surface area contributed by atoms with Crippen molar-refractivity contribution in [3.05, 3.63) is 35.9 Å². The van der Waals surface area contributed by atoms with Gasteiger partial charge >= 0.3 is 0 Å². The molecule has 1 fully saturated rings. The van der Waals surface area contributed by atoms with E-state index in [0.717, 1.165) is 12.8 Å². The zero-order valence-electron chi connectivity index (χ0n) is 12.1. The van der Waals surface area contributed by atoms with Crippen molar-refractivity contribution in [2.24, 2.45) is 11.1 Å². The topological polar surface area (TPSA) is 64.4 Å². The first-order chi connectivity index (χ1) is 10.1. The Morgan fingerprint density at radius 3 is 2.57 bits per heavy atom. The number of thiocarbonyl (C=S) groups is 1. The summed E-state index contributed by atoms with van der Waals surface area (Å²) in [5, 5.41) is 2.98. The van der Waals surface area contributed by atoms with Crippen LogP contribution in [0.5, 0.6) is 0 Å².